The predicted octanol–water partition coefficient (Wildman–Crippen LogP) is 7.61. The van der Waals surface area contributed by atoms with E-state index in [2.05, 4.69) is 54.7 Å². The lowest BCUT2D eigenvalue weighted by molar-refractivity contribution is -0.141. The number of aryl methyl sites for hydroxylation is 1. The molecule has 0 bridgehead atoms. The molecule has 4 nitrogen and oxygen atoms in total. The fourth-order valence-electron chi connectivity index (χ4n) is 6.20. The summed E-state index contributed by atoms with van der Waals surface area (Å²) in [5, 5.41) is 3.36. The summed E-state index contributed by atoms with van der Waals surface area (Å²) in [7, 11) is 0. The Bertz CT molecular complexity index is 1380. The van der Waals surface area contributed by atoms with Crippen molar-refractivity contribution in [3.05, 3.63) is 143 Å². The molecule has 1 aliphatic carbocycles. The summed E-state index contributed by atoms with van der Waals surface area (Å²) in [5.74, 6) is -0.185. The Hall–Kier alpha value is -4.18. The smallest absolute Gasteiger partial charge is 0.243 e. The lowest BCUT2D eigenvalue weighted by atomic mass is 9.87. The number of hydrogen-bond acceptors (Lipinski definition) is 2. The summed E-state index contributed by atoms with van der Waals surface area (Å²) in [5.41, 5.74) is 5.41. The Labute approximate surface area is 250 Å². The summed E-state index contributed by atoms with van der Waals surface area (Å²) in [6.45, 7) is 2.44. The zero-order valence-electron chi connectivity index (χ0n) is 24.6. The van der Waals surface area contributed by atoms with Gasteiger partial charge in [-0.3, -0.25) is 9.59 Å². The summed E-state index contributed by atoms with van der Waals surface area (Å²) in [6, 6.07) is 38.4. The minimum Gasteiger partial charge on any atom is -0.352 e. The molecule has 4 heteroatoms. The van der Waals surface area contributed by atoms with Gasteiger partial charge in [0.25, 0.3) is 0 Å². The van der Waals surface area contributed by atoms with Gasteiger partial charge in [-0.05, 0) is 42.0 Å². The van der Waals surface area contributed by atoms with Crippen LogP contribution in [0.4, 0.5) is 0 Å². The molecular weight excluding hydrogens is 516 g/mol. The SMILES string of the molecule is Cc1cccc(CN(C(=O)CC(c2ccccc2)c2ccccc2)[C@@H](Cc2ccccc2)C(=O)NC2CCCCC2)c1. The van der Waals surface area contributed by atoms with Crippen molar-refractivity contribution in [2.24, 2.45) is 0 Å². The first-order valence-electron chi connectivity index (χ1n) is 15.4. The van der Waals surface area contributed by atoms with Crippen LogP contribution in [0.25, 0.3) is 0 Å². The fourth-order valence-corrected chi connectivity index (χ4v) is 6.20. The minimum absolute atomic E-state index is 0.0195. The van der Waals surface area contributed by atoms with Crippen LogP contribution in [-0.2, 0) is 22.6 Å². The molecule has 0 saturated heterocycles. The van der Waals surface area contributed by atoms with Crippen LogP contribution in [0, 0.1) is 6.92 Å². The van der Waals surface area contributed by atoms with E-state index in [0.717, 1.165) is 53.5 Å². The topological polar surface area (TPSA) is 49.4 Å². The molecule has 1 saturated carbocycles. The first-order valence-corrected chi connectivity index (χ1v) is 15.4. The highest BCUT2D eigenvalue weighted by atomic mass is 16.2. The van der Waals surface area contributed by atoms with E-state index in [9.17, 15) is 9.59 Å². The van der Waals surface area contributed by atoms with E-state index in [1.54, 1.807) is 0 Å². The van der Waals surface area contributed by atoms with Gasteiger partial charge in [0.15, 0.2) is 0 Å². The van der Waals surface area contributed by atoms with Crippen molar-refractivity contribution in [1.82, 2.24) is 10.2 Å². The Morgan fingerprint density at radius 1 is 0.738 bits per heavy atom. The molecule has 2 amide bonds. The third-order valence-electron chi connectivity index (χ3n) is 8.44. The largest absolute Gasteiger partial charge is 0.352 e. The van der Waals surface area contributed by atoms with Gasteiger partial charge in [0.2, 0.25) is 11.8 Å². The molecule has 1 N–H and O–H groups in total. The van der Waals surface area contributed by atoms with Gasteiger partial charge < -0.3 is 10.2 Å². The zero-order chi connectivity index (χ0) is 29.1. The summed E-state index contributed by atoms with van der Waals surface area (Å²) in [6.07, 6.45) is 6.24. The van der Waals surface area contributed by atoms with Crippen LogP contribution in [0.5, 0.6) is 0 Å². The van der Waals surface area contributed by atoms with E-state index in [0.29, 0.717) is 13.0 Å². The summed E-state index contributed by atoms with van der Waals surface area (Å²) < 4.78 is 0. The maximum absolute atomic E-state index is 14.6. The molecule has 0 unspecified atom stereocenters. The first kappa shape index (κ1) is 29.3. The Kier molecular flexibility index (Phi) is 10.2. The van der Waals surface area contributed by atoms with Crippen LogP contribution in [0.2, 0.25) is 0 Å². The van der Waals surface area contributed by atoms with E-state index in [4.69, 9.17) is 0 Å². The standard InChI is InChI=1S/C38H42N2O2/c1-29-15-14-18-31(25-29)28-40(37(41)27-35(32-19-8-3-9-20-32)33-21-10-4-11-22-33)36(26-30-16-6-2-7-17-30)38(42)39-34-23-12-5-13-24-34/h2-4,6-11,14-22,25,34-36H,5,12-13,23-24,26-28H2,1H3,(H,39,42)/t36-/m0/s1. The van der Waals surface area contributed by atoms with E-state index in [1.165, 1.54) is 6.42 Å². The maximum Gasteiger partial charge on any atom is 0.243 e. The monoisotopic (exact) mass is 558 g/mol. The van der Waals surface area contributed by atoms with Crippen molar-refractivity contribution in [2.75, 3.05) is 0 Å². The number of hydrogen-bond donors (Lipinski definition) is 1. The highest BCUT2D eigenvalue weighted by Crippen LogP contribution is 2.30. The number of carbonyl (C=O) groups excluding carboxylic acids is 2. The first-order chi connectivity index (χ1) is 20.6. The van der Waals surface area contributed by atoms with Gasteiger partial charge in [-0.2, -0.15) is 0 Å². The van der Waals surface area contributed by atoms with E-state index >= 15 is 0 Å². The summed E-state index contributed by atoms with van der Waals surface area (Å²) in [4.78, 5) is 30.5. The molecule has 0 aliphatic heterocycles. The molecule has 4 aromatic rings. The molecule has 1 atom stereocenters. The molecule has 5 rings (SSSR count). The van der Waals surface area contributed by atoms with E-state index in [-0.39, 0.29) is 30.2 Å². The molecule has 4 aromatic carbocycles. The third-order valence-corrected chi connectivity index (χ3v) is 8.44. The number of amides is 2. The van der Waals surface area contributed by atoms with Crippen LogP contribution in [0.3, 0.4) is 0 Å². The van der Waals surface area contributed by atoms with Gasteiger partial charge in [0, 0.05) is 31.3 Å². The molecule has 0 aromatic heterocycles. The quantitative estimate of drug-likeness (QED) is 0.206. The van der Waals surface area contributed by atoms with Gasteiger partial charge in [-0.1, -0.05) is 140 Å². The fraction of sp³-hybridized carbons (Fsp3) is 0.316. The molecule has 0 heterocycles. The number of carbonyl (C=O) groups is 2. The Morgan fingerprint density at radius 2 is 1.31 bits per heavy atom. The van der Waals surface area contributed by atoms with Gasteiger partial charge in [-0.25, -0.2) is 0 Å². The second-order valence-corrected chi connectivity index (χ2v) is 11.6. The van der Waals surface area contributed by atoms with Crippen LogP contribution < -0.4 is 5.32 Å². The number of nitrogens with one attached hydrogen (secondary N) is 1. The molecule has 1 fully saturated rings. The van der Waals surface area contributed by atoms with Crippen molar-refractivity contribution >= 4 is 11.8 Å². The second kappa shape index (κ2) is 14.6. The Balaban J connectivity index is 1.51. The molecule has 42 heavy (non-hydrogen) atoms. The molecular formula is C38H42N2O2. The number of nitrogens with zero attached hydrogens (tertiary/aromatic N) is 1. The van der Waals surface area contributed by atoms with Gasteiger partial charge in [-0.15, -0.1) is 0 Å². The molecule has 216 valence electrons. The Morgan fingerprint density at radius 3 is 1.90 bits per heavy atom. The molecule has 0 spiro atoms. The van der Waals surface area contributed by atoms with Crippen LogP contribution >= 0.6 is 0 Å². The minimum atomic E-state index is -0.616. The lowest BCUT2D eigenvalue weighted by Crippen LogP contribution is -2.53. The van der Waals surface area contributed by atoms with Crippen LogP contribution in [0.1, 0.15) is 72.3 Å². The maximum atomic E-state index is 14.6. The van der Waals surface area contributed by atoms with Crippen molar-refractivity contribution in [2.45, 2.75) is 76.4 Å². The van der Waals surface area contributed by atoms with Gasteiger partial charge in [0.05, 0.1) is 0 Å². The third kappa shape index (κ3) is 7.97. The van der Waals surface area contributed by atoms with Crippen LogP contribution in [0.15, 0.2) is 115 Å². The van der Waals surface area contributed by atoms with Crippen LogP contribution in [-0.4, -0.2) is 28.8 Å². The summed E-state index contributed by atoms with van der Waals surface area (Å²) >= 11 is 0. The highest BCUT2D eigenvalue weighted by Gasteiger charge is 2.33. The van der Waals surface area contributed by atoms with Gasteiger partial charge >= 0.3 is 0 Å². The average Bonchev–Trinajstić information content (AvgIpc) is 3.03. The average molecular weight is 559 g/mol. The normalized spacial score (nSPS) is 14.3. The predicted molar refractivity (Wildman–Crippen MR) is 170 cm³/mol. The van der Waals surface area contributed by atoms with Crippen molar-refractivity contribution < 1.29 is 9.59 Å². The number of benzene rings is 4. The van der Waals surface area contributed by atoms with Crippen molar-refractivity contribution in [3.8, 4) is 0 Å². The lowest BCUT2D eigenvalue weighted by Gasteiger charge is -2.34. The van der Waals surface area contributed by atoms with Gasteiger partial charge in [0.1, 0.15) is 6.04 Å². The second-order valence-electron chi connectivity index (χ2n) is 11.6. The highest BCUT2D eigenvalue weighted by molar-refractivity contribution is 5.88. The van der Waals surface area contributed by atoms with E-state index in [1.807, 2.05) is 77.7 Å². The number of rotatable bonds is 11. The van der Waals surface area contributed by atoms with Crippen molar-refractivity contribution in [1.29, 1.82) is 0 Å². The van der Waals surface area contributed by atoms with E-state index < -0.39 is 6.04 Å². The van der Waals surface area contributed by atoms with Crippen molar-refractivity contribution in [3.63, 3.8) is 0 Å². The zero-order valence-corrected chi connectivity index (χ0v) is 24.6. The molecule has 1 aliphatic rings. The molecule has 0 radical (unpaired) electrons.